The highest BCUT2D eigenvalue weighted by Crippen LogP contribution is 2.36. The first-order valence-electron chi connectivity index (χ1n) is 8.41. The minimum Gasteiger partial charge on any atom is -0.385 e. The SMILES string of the molecule is O=S(=O)(NCc1ccccc1)NC1CCC(O)(c2cccnc2)CC1. The van der Waals surface area contributed by atoms with Crippen molar-refractivity contribution in [2.75, 3.05) is 0 Å². The predicted octanol–water partition coefficient (Wildman–Crippen LogP) is 1.84. The maximum atomic E-state index is 12.2. The van der Waals surface area contributed by atoms with Crippen molar-refractivity contribution in [3.8, 4) is 0 Å². The molecular formula is C18H23N3O3S. The third kappa shape index (κ3) is 4.85. The van der Waals surface area contributed by atoms with E-state index in [-0.39, 0.29) is 12.6 Å². The van der Waals surface area contributed by atoms with Gasteiger partial charge in [0, 0.05) is 30.5 Å². The second kappa shape index (κ2) is 7.61. The molecule has 2 aromatic rings. The highest BCUT2D eigenvalue weighted by molar-refractivity contribution is 7.87. The zero-order valence-corrected chi connectivity index (χ0v) is 14.7. The van der Waals surface area contributed by atoms with Crippen molar-refractivity contribution in [2.45, 2.75) is 43.9 Å². The number of nitrogens with zero attached hydrogens (tertiary/aromatic N) is 1. The van der Waals surface area contributed by atoms with Crippen LogP contribution < -0.4 is 9.44 Å². The number of rotatable bonds is 6. The molecule has 25 heavy (non-hydrogen) atoms. The number of nitrogens with one attached hydrogen (secondary N) is 2. The molecule has 1 aromatic carbocycles. The second-order valence-electron chi connectivity index (χ2n) is 6.48. The summed E-state index contributed by atoms with van der Waals surface area (Å²) < 4.78 is 29.7. The number of pyridine rings is 1. The van der Waals surface area contributed by atoms with E-state index >= 15 is 0 Å². The number of aromatic nitrogens is 1. The van der Waals surface area contributed by atoms with Gasteiger partial charge in [-0.15, -0.1) is 0 Å². The van der Waals surface area contributed by atoms with Gasteiger partial charge in [0.1, 0.15) is 0 Å². The summed E-state index contributed by atoms with van der Waals surface area (Å²) in [6.45, 7) is 0.252. The summed E-state index contributed by atoms with van der Waals surface area (Å²) in [4.78, 5) is 4.06. The maximum Gasteiger partial charge on any atom is 0.277 e. The Morgan fingerprint density at radius 2 is 1.84 bits per heavy atom. The number of hydrogen-bond acceptors (Lipinski definition) is 4. The fourth-order valence-electron chi connectivity index (χ4n) is 3.18. The third-order valence-corrected chi connectivity index (χ3v) is 5.81. The van der Waals surface area contributed by atoms with E-state index in [0.29, 0.717) is 25.7 Å². The predicted molar refractivity (Wildman–Crippen MR) is 95.7 cm³/mol. The number of aliphatic hydroxyl groups is 1. The summed E-state index contributed by atoms with van der Waals surface area (Å²) in [7, 11) is -3.58. The standard InChI is InChI=1S/C18H23N3O3S/c22-18(16-7-4-12-19-14-16)10-8-17(9-11-18)21-25(23,24)20-13-15-5-2-1-3-6-15/h1-7,12,14,17,20-22H,8-11,13H2. The largest absolute Gasteiger partial charge is 0.385 e. The second-order valence-corrected chi connectivity index (χ2v) is 8.01. The molecule has 1 heterocycles. The fraction of sp³-hybridized carbons (Fsp3) is 0.389. The highest BCUT2D eigenvalue weighted by Gasteiger charge is 2.36. The molecule has 1 aliphatic rings. The van der Waals surface area contributed by atoms with E-state index in [1.807, 2.05) is 36.4 Å². The van der Waals surface area contributed by atoms with Crippen LogP contribution in [-0.4, -0.2) is 24.6 Å². The van der Waals surface area contributed by atoms with Gasteiger partial charge < -0.3 is 5.11 Å². The zero-order valence-electron chi connectivity index (χ0n) is 13.9. The first-order chi connectivity index (χ1) is 12.0. The van der Waals surface area contributed by atoms with Crippen molar-refractivity contribution in [1.29, 1.82) is 0 Å². The quantitative estimate of drug-likeness (QED) is 0.732. The van der Waals surface area contributed by atoms with Crippen LogP contribution in [-0.2, 0) is 22.4 Å². The average molecular weight is 361 g/mol. The van der Waals surface area contributed by atoms with Crippen LogP contribution in [0.4, 0.5) is 0 Å². The Morgan fingerprint density at radius 3 is 2.48 bits per heavy atom. The molecule has 0 amide bonds. The molecule has 1 aromatic heterocycles. The van der Waals surface area contributed by atoms with Gasteiger partial charge >= 0.3 is 0 Å². The van der Waals surface area contributed by atoms with Gasteiger partial charge in [0.15, 0.2) is 0 Å². The summed E-state index contributed by atoms with van der Waals surface area (Å²) in [5, 5.41) is 10.8. The lowest BCUT2D eigenvalue weighted by atomic mass is 9.78. The summed E-state index contributed by atoms with van der Waals surface area (Å²) in [5.74, 6) is 0. The molecule has 0 bridgehead atoms. The Hall–Kier alpha value is -1.80. The first kappa shape index (κ1) is 18.0. The van der Waals surface area contributed by atoms with Crippen LogP contribution in [0.2, 0.25) is 0 Å². The monoisotopic (exact) mass is 361 g/mol. The van der Waals surface area contributed by atoms with Crippen LogP contribution in [0.5, 0.6) is 0 Å². The Kier molecular flexibility index (Phi) is 5.48. The molecule has 0 spiro atoms. The van der Waals surface area contributed by atoms with E-state index in [1.54, 1.807) is 18.5 Å². The van der Waals surface area contributed by atoms with Gasteiger partial charge in [-0.1, -0.05) is 36.4 Å². The molecule has 0 aliphatic heterocycles. The molecule has 0 unspecified atom stereocenters. The molecule has 0 saturated heterocycles. The number of hydrogen-bond donors (Lipinski definition) is 3. The van der Waals surface area contributed by atoms with Crippen LogP contribution in [0.3, 0.4) is 0 Å². The minimum atomic E-state index is -3.58. The van der Waals surface area contributed by atoms with Crippen molar-refractivity contribution in [3.05, 3.63) is 66.0 Å². The molecular weight excluding hydrogens is 338 g/mol. The van der Waals surface area contributed by atoms with Crippen LogP contribution in [0, 0.1) is 0 Å². The van der Waals surface area contributed by atoms with Crippen molar-refractivity contribution >= 4 is 10.2 Å². The van der Waals surface area contributed by atoms with Gasteiger partial charge in [0.2, 0.25) is 0 Å². The van der Waals surface area contributed by atoms with Crippen molar-refractivity contribution in [2.24, 2.45) is 0 Å². The van der Waals surface area contributed by atoms with Gasteiger partial charge in [-0.25, -0.2) is 0 Å². The summed E-state index contributed by atoms with van der Waals surface area (Å²) >= 11 is 0. The van der Waals surface area contributed by atoms with Crippen LogP contribution in [0.15, 0.2) is 54.9 Å². The lowest BCUT2D eigenvalue weighted by Gasteiger charge is -2.36. The Labute approximate surface area is 148 Å². The van der Waals surface area contributed by atoms with Gasteiger partial charge in [-0.2, -0.15) is 17.9 Å². The van der Waals surface area contributed by atoms with Crippen molar-refractivity contribution < 1.29 is 13.5 Å². The van der Waals surface area contributed by atoms with Gasteiger partial charge in [0.05, 0.1) is 5.60 Å². The fourth-order valence-corrected chi connectivity index (χ4v) is 4.29. The molecule has 7 heteroatoms. The third-order valence-electron chi connectivity index (χ3n) is 4.64. The van der Waals surface area contributed by atoms with E-state index in [4.69, 9.17) is 0 Å². The molecule has 0 atom stereocenters. The molecule has 6 nitrogen and oxygen atoms in total. The Bertz CT molecular complexity index is 774. The lowest BCUT2D eigenvalue weighted by molar-refractivity contribution is -0.00669. The van der Waals surface area contributed by atoms with Crippen LogP contribution in [0.1, 0.15) is 36.8 Å². The molecule has 0 radical (unpaired) electrons. The van der Waals surface area contributed by atoms with Gasteiger partial charge in [-0.3, -0.25) is 4.98 Å². The van der Waals surface area contributed by atoms with Gasteiger partial charge in [-0.05, 0) is 37.3 Å². The van der Waals surface area contributed by atoms with E-state index < -0.39 is 15.8 Å². The summed E-state index contributed by atoms with van der Waals surface area (Å²) in [5.41, 5.74) is 0.772. The molecule has 1 saturated carbocycles. The van der Waals surface area contributed by atoms with E-state index in [0.717, 1.165) is 11.1 Å². The van der Waals surface area contributed by atoms with E-state index in [1.165, 1.54) is 0 Å². The average Bonchev–Trinajstić information content (AvgIpc) is 2.64. The lowest BCUT2D eigenvalue weighted by Crippen LogP contribution is -2.46. The maximum absolute atomic E-state index is 12.2. The number of benzene rings is 1. The Morgan fingerprint density at radius 1 is 1.12 bits per heavy atom. The Balaban J connectivity index is 1.53. The molecule has 3 rings (SSSR count). The zero-order chi connectivity index (χ0) is 17.8. The van der Waals surface area contributed by atoms with E-state index in [9.17, 15) is 13.5 Å². The first-order valence-corrected chi connectivity index (χ1v) is 9.89. The molecule has 134 valence electrons. The summed E-state index contributed by atoms with van der Waals surface area (Å²) in [6, 6.07) is 12.9. The highest BCUT2D eigenvalue weighted by atomic mass is 32.2. The molecule has 3 N–H and O–H groups in total. The van der Waals surface area contributed by atoms with Crippen molar-refractivity contribution in [1.82, 2.24) is 14.4 Å². The smallest absolute Gasteiger partial charge is 0.277 e. The molecule has 1 fully saturated rings. The normalized spacial score (nSPS) is 24.1. The molecule has 1 aliphatic carbocycles. The van der Waals surface area contributed by atoms with E-state index in [2.05, 4.69) is 14.4 Å². The minimum absolute atomic E-state index is 0.176. The van der Waals surface area contributed by atoms with Gasteiger partial charge in [0.25, 0.3) is 10.2 Å². The topological polar surface area (TPSA) is 91.3 Å². The summed E-state index contributed by atoms with van der Waals surface area (Å²) in [6.07, 6.45) is 5.52. The van der Waals surface area contributed by atoms with Crippen LogP contribution in [0.25, 0.3) is 0 Å². The van der Waals surface area contributed by atoms with Crippen molar-refractivity contribution in [3.63, 3.8) is 0 Å². The van der Waals surface area contributed by atoms with Crippen LogP contribution >= 0.6 is 0 Å².